The van der Waals surface area contributed by atoms with Crippen LogP contribution >= 0.6 is 22.6 Å². The first-order valence-electron chi connectivity index (χ1n) is 10.7. The monoisotopic (exact) mass is 534 g/mol. The summed E-state index contributed by atoms with van der Waals surface area (Å²) in [5.74, 6) is 0.408. The van der Waals surface area contributed by atoms with Gasteiger partial charge in [-0.25, -0.2) is 0 Å². The maximum absolute atomic E-state index is 12.8. The Morgan fingerprint density at radius 1 is 1.17 bits per heavy atom. The number of esters is 1. The van der Waals surface area contributed by atoms with Crippen molar-refractivity contribution in [2.45, 2.75) is 97.6 Å². The summed E-state index contributed by atoms with van der Waals surface area (Å²) in [5, 5.41) is 0.0995. The zero-order valence-corrected chi connectivity index (χ0v) is 23.0. The molecule has 0 amide bonds. The summed E-state index contributed by atoms with van der Waals surface area (Å²) in [6.07, 6.45) is 6.56. The molecule has 0 saturated heterocycles. The number of rotatable bonds is 13. The lowest BCUT2D eigenvalue weighted by atomic mass is 9.98. The Bertz CT molecular complexity index is 563. The second-order valence-electron chi connectivity index (χ2n) is 9.77. The van der Waals surface area contributed by atoms with Crippen molar-refractivity contribution in [1.82, 2.24) is 0 Å². The van der Waals surface area contributed by atoms with Gasteiger partial charge in [0.25, 0.3) is 0 Å². The molecule has 0 aliphatic heterocycles. The van der Waals surface area contributed by atoms with E-state index >= 15 is 0 Å². The van der Waals surface area contributed by atoms with E-state index in [0.717, 1.165) is 24.8 Å². The predicted molar refractivity (Wildman–Crippen MR) is 137 cm³/mol. The van der Waals surface area contributed by atoms with Crippen LogP contribution in [0, 0.1) is 11.8 Å². The van der Waals surface area contributed by atoms with E-state index in [1.165, 1.54) is 0 Å². The summed E-state index contributed by atoms with van der Waals surface area (Å²) in [4.78, 5) is 12.8. The molecule has 0 fully saturated rings. The lowest BCUT2D eigenvalue weighted by Crippen LogP contribution is -2.44. The fraction of sp³-hybridized carbons (Fsp3) is 0.708. The quantitative estimate of drug-likeness (QED) is 0.105. The number of ether oxygens (including phenoxy) is 1. The topological polar surface area (TPSA) is 35.5 Å². The minimum absolute atomic E-state index is 0.0670. The van der Waals surface area contributed by atoms with E-state index < -0.39 is 8.32 Å². The van der Waals surface area contributed by atoms with Gasteiger partial charge in [0, 0.05) is 5.92 Å². The summed E-state index contributed by atoms with van der Waals surface area (Å²) in [7, 11) is -1.98. The minimum atomic E-state index is -1.98. The molecule has 0 bridgehead atoms. The van der Waals surface area contributed by atoms with Gasteiger partial charge in [-0.1, -0.05) is 69.4 Å². The molecule has 0 spiro atoms. The fourth-order valence-electron chi connectivity index (χ4n) is 2.85. The highest BCUT2D eigenvalue weighted by Gasteiger charge is 2.39. The van der Waals surface area contributed by atoms with Crippen LogP contribution < -0.4 is 0 Å². The van der Waals surface area contributed by atoms with Crippen LogP contribution in [-0.2, 0) is 14.0 Å². The molecule has 0 saturated carbocycles. The van der Waals surface area contributed by atoms with E-state index in [-0.39, 0.29) is 29.1 Å². The van der Waals surface area contributed by atoms with Crippen LogP contribution in [0.1, 0.15) is 67.2 Å². The van der Waals surface area contributed by atoms with E-state index in [1.807, 2.05) is 30.1 Å². The molecule has 0 N–H and O–H groups in total. The Hall–Kier alpha value is -0.403. The Kier molecular flexibility index (Phi) is 12.9. The number of carbonyl (C=O) groups excluding carboxylic acids is 1. The molecule has 0 aromatic rings. The Labute approximate surface area is 194 Å². The van der Waals surface area contributed by atoms with E-state index in [9.17, 15) is 4.79 Å². The van der Waals surface area contributed by atoms with Gasteiger partial charge in [-0.2, -0.15) is 0 Å². The highest BCUT2D eigenvalue weighted by Crippen LogP contribution is 2.38. The number of carbonyl (C=O) groups is 1. The lowest BCUT2D eigenvalue weighted by Gasteiger charge is -2.39. The average Bonchev–Trinajstić information content (AvgIpc) is 2.62. The van der Waals surface area contributed by atoms with Crippen LogP contribution in [0.4, 0.5) is 0 Å². The van der Waals surface area contributed by atoms with Crippen LogP contribution in [0.5, 0.6) is 0 Å². The molecule has 4 atom stereocenters. The molecule has 0 aliphatic rings. The molecule has 168 valence electrons. The SMILES string of the molecule is C=CC[C@@H](C)CC[C@H](CC(=O)O[C@H](/C(C)=C/I)[C@@H](C)C=C)O[Si](C)(C)C(C)(C)C. The smallest absolute Gasteiger partial charge is 0.308 e. The zero-order chi connectivity index (χ0) is 22.8. The van der Waals surface area contributed by atoms with Crippen LogP contribution in [0.15, 0.2) is 35.0 Å². The van der Waals surface area contributed by atoms with Crippen molar-refractivity contribution in [2.75, 3.05) is 0 Å². The molecule has 0 radical (unpaired) electrons. The van der Waals surface area contributed by atoms with Crippen molar-refractivity contribution < 1.29 is 14.0 Å². The van der Waals surface area contributed by atoms with Crippen molar-refractivity contribution in [2.24, 2.45) is 11.8 Å². The van der Waals surface area contributed by atoms with Crippen LogP contribution in [-0.4, -0.2) is 26.5 Å². The summed E-state index contributed by atoms with van der Waals surface area (Å²) >= 11 is 2.19. The molecule has 0 aromatic carbocycles. The lowest BCUT2D eigenvalue weighted by molar-refractivity contribution is -0.150. The standard InChI is InChI=1S/C24H43IO3Si/c1-11-13-18(3)14-15-21(28-29(9,10)24(6,7)8)16-22(26)27-23(19(4)12-2)20(5)17-25/h11-12,17-19,21,23H,1-2,13-16H2,3-10H3/b20-17+/t18-,19+,21-,23+/m1/s1. The van der Waals surface area contributed by atoms with E-state index in [1.54, 1.807) is 0 Å². The normalized spacial score (nSPS) is 17.2. The van der Waals surface area contributed by atoms with Gasteiger partial charge >= 0.3 is 5.97 Å². The molecular formula is C24H43IO3Si. The van der Waals surface area contributed by atoms with Crippen molar-refractivity contribution in [3.8, 4) is 0 Å². The van der Waals surface area contributed by atoms with Gasteiger partial charge < -0.3 is 9.16 Å². The van der Waals surface area contributed by atoms with Crippen molar-refractivity contribution >= 4 is 36.9 Å². The van der Waals surface area contributed by atoms with E-state index in [2.05, 4.69) is 76.5 Å². The zero-order valence-electron chi connectivity index (χ0n) is 19.9. The molecule has 3 nitrogen and oxygen atoms in total. The molecule has 0 aromatic heterocycles. The maximum atomic E-state index is 12.8. The predicted octanol–water partition coefficient (Wildman–Crippen LogP) is 7.83. The maximum Gasteiger partial charge on any atom is 0.308 e. The first kappa shape index (κ1) is 28.6. The Morgan fingerprint density at radius 2 is 1.76 bits per heavy atom. The third kappa shape index (κ3) is 10.4. The van der Waals surface area contributed by atoms with Crippen molar-refractivity contribution in [3.63, 3.8) is 0 Å². The first-order chi connectivity index (χ1) is 13.3. The molecule has 0 heterocycles. The molecular weight excluding hydrogens is 491 g/mol. The van der Waals surface area contributed by atoms with Crippen LogP contribution in [0.3, 0.4) is 0 Å². The molecule has 29 heavy (non-hydrogen) atoms. The fourth-order valence-corrected chi connectivity index (χ4v) is 4.59. The van der Waals surface area contributed by atoms with Gasteiger partial charge in [-0.15, -0.1) is 13.2 Å². The van der Waals surface area contributed by atoms with Gasteiger partial charge in [-0.05, 0) is 59.9 Å². The second-order valence-corrected chi connectivity index (χ2v) is 15.1. The summed E-state index contributed by atoms with van der Waals surface area (Å²) in [5.41, 5.74) is 1.04. The number of hydrogen-bond donors (Lipinski definition) is 0. The highest BCUT2D eigenvalue weighted by atomic mass is 127. The third-order valence-corrected chi connectivity index (χ3v) is 11.5. The number of allylic oxidation sites excluding steroid dienone is 1. The molecule has 5 heteroatoms. The summed E-state index contributed by atoms with van der Waals surface area (Å²) < 4.78 is 14.5. The van der Waals surface area contributed by atoms with Gasteiger partial charge in [-0.3, -0.25) is 4.79 Å². The number of hydrogen-bond acceptors (Lipinski definition) is 3. The second kappa shape index (κ2) is 13.1. The minimum Gasteiger partial charge on any atom is -0.457 e. The van der Waals surface area contributed by atoms with Crippen molar-refractivity contribution in [3.05, 3.63) is 35.0 Å². The van der Waals surface area contributed by atoms with Crippen molar-refractivity contribution in [1.29, 1.82) is 0 Å². The summed E-state index contributed by atoms with van der Waals surface area (Å²) in [6.45, 7) is 25.1. The van der Waals surface area contributed by atoms with E-state index in [0.29, 0.717) is 12.3 Å². The Balaban J connectivity index is 5.32. The Morgan fingerprint density at radius 3 is 2.21 bits per heavy atom. The van der Waals surface area contributed by atoms with Crippen LogP contribution in [0.25, 0.3) is 0 Å². The first-order valence-corrected chi connectivity index (χ1v) is 14.8. The highest BCUT2D eigenvalue weighted by molar-refractivity contribution is 14.1. The van der Waals surface area contributed by atoms with Gasteiger partial charge in [0.15, 0.2) is 8.32 Å². The average molecular weight is 535 g/mol. The van der Waals surface area contributed by atoms with Gasteiger partial charge in [0.05, 0.1) is 12.5 Å². The summed E-state index contributed by atoms with van der Waals surface area (Å²) in [6, 6.07) is 0. The number of halogens is 1. The van der Waals surface area contributed by atoms with Gasteiger partial charge in [0.2, 0.25) is 0 Å². The molecule has 0 aliphatic carbocycles. The van der Waals surface area contributed by atoms with Gasteiger partial charge in [0.1, 0.15) is 6.10 Å². The van der Waals surface area contributed by atoms with E-state index in [4.69, 9.17) is 9.16 Å². The molecule has 0 unspecified atom stereocenters. The largest absolute Gasteiger partial charge is 0.457 e. The molecule has 0 rings (SSSR count). The third-order valence-electron chi connectivity index (χ3n) is 5.94. The van der Waals surface area contributed by atoms with Crippen LogP contribution in [0.2, 0.25) is 18.1 Å².